The number of likely N-dealkylation sites (tertiary alicyclic amines) is 2. The molecule has 0 atom stereocenters. The summed E-state index contributed by atoms with van der Waals surface area (Å²) in [6.45, 7) is 2.06. The number of rotatable bonds is 5. The van der Waals surface area contributed by atoms with Crippen LogP contribution in [0.25, 0.3) is 6.08 Å². The van der Waals surface area contributed by atoms with Gasteiger partial charge in [-0.1, -0.05) is 53.0 Å². The number of carbonyl (C=O) groups is 3. The molecule has 0 bridgehead atoms. The molecule has 2 aliphatic heterocycles. The van der Waals surface area contributed by atoms with Gasteiger partial charge in [-0.05, 0) is 73.1 Å². The molecule has 2 aromatic rings. The van der Waals surface area contributed by atoms with E-state index < -0.39 is 0 Å². The fourth-order valence-corrected chi connectivity index (χ4v) is 5.16. The van der Waals surface area contributed by atoms with E-state index in [0.717, 1.165) is 18.4 Å². The second-order valence-electron chi connectivity index (χ2n) is 9.09. The van der Waals surface area contributed by atoms with E-state index in [2.05, 4.69) is 0 Å². The van der Waals surface area contributed by atoms with E-state index in [-0.39, 0.29) is 23.5 Å². The van der Waals surface area contributed by atoms with Crippen LogP contribution in [0, 0.1) is 5.92 Å². The average Bonchev–Trinajstić information content (AvgIpc) is 2.89. The van der Waals surface area contributed by atoms with Gasteiger partial charge < -0.3 is 9.80 Å². The Labute approximate surface area is 220 Å². The van der Waals surface area contributed by atoms with Crippen molar-refractivity contribution in [3.8, 4) is 0 Å². The van der Waals surface area contributed by atoms with Gasteiger partial charge in [0.1, 0.15) is 0 Å². The number of amides is 2. The van der Waals surface area contributed by atoms with Crippen LogP contribution >= 0.6 is 34.8 Å². The third kappa shape index (κ3) is 6.46. The van der Waals surface area contributed by atoms with Crippen molar-refractivity contribution in [2.75, 3.05) is 26.2 Å². The Hall–Kier alpha value is -2.34. The van der Waals surface area contributed by atoms with Crippen LogP contribution in [0.4, 0.5) is 0 Å². The van der Waals surface area contributed by atoms with Crippen LogP contribution in [0.3, 0.4) is 0 Å². The predicted molar refractivity (Wildman–Crippen MR) is 140 cm³/mol. The Morgan fingerprint density at radius 3 is 2.03 bits per heavy atom. The lowest BCUT2D eigenvalue weighted by Crippen LogP contribution is -2.46. The highest BCUT2D eigenvalue weighted by atomic mass is 35.5. The van der Waals surface area contributed by atoms with Crippen LogP contribution in [0.2, 0.25) is 15.1 Å². The fraction of sp³-hybridized carbons (Fsp3) is 0.370. The molecular weight excluding hydrogens is 507 g/mol. The molecule has 0 radical (unpaired) electrons. The number of piperidine rings is 2. The first-order valence-corrected chi connectivity index (χ1v) is 13.0. The van der Waals surface area contributed by atoms with Crippen molar-refractivity contribution in [1.82, 2.24) is 9.80 Å². The largest absolute Gasteiger partial charge is 0.339 e. The summed E-state index contributed by atoms with van der Waals surface area (Å²) in [6, 6.07) is 13.0. The number of hydrogen-bond donors (Lipinski definition) is 0. The molecule has 0 saturated carbocycles. The number of hydrogen-bond acceptors (Lipinski definition) is 3. The molecule has 35 heavy (non-hydrogen) atoms. The second-order valence-corrected chi connectivity index (χ2v) is 10.3. The molecule has 2 fully saturated rings. The van der Waals surface area contributed by atoms with Crippen molar-refractivity contribution < 1.29 is 14.4 Å². The minimum absolute atomic E-state index is 0.127. The number of benzene rings is 2. The van der Waals surface area contributed by atoms with Crippen LogP contribution in [0.1, 0.15) is 42.7 Å². The highest BCUT2D eigenvalue weighted by Crippen LogP contribution is 2.30. The van der Waals surface area contributed by atoms with Crippen LogP contribution in [0.5, 0.6) is 0 Å². The molecule has 0 unspecified atom stereocenters. The summed E-state index contributed by atoms with van der Waals surface area (Å²) in [5, 5.41) is 1.60. The Balaban J connectivity index is 1.24. The lowest BCUT2D eigenvalue weighted by molar-refractivity contribution is -0.148. The van der Waals surface area contributed by atoms with Crippen molar-refractivity contribution >= 4 is 58.5 Å². The SMILES string of the molecule is O=C(C(=O)N1CCC(c2ccc(Cl)cc2)CC1)C1CCN(C(=O)C=Cc2ccc(Cl)c(Cl)c2)CC1. The molecule has 0 N–H and O–H groups in total. The van der Waals surface area contributed by atoms with E-state index in [1.165, 1.54) is 11.6 Å². The second kappa shape index (κ2) is 11.6. The zero-order valence-corrected chi connectivity index (χ0v) is 21.5. The maximum absolute atomic E-state index is 12.9. The van der Waals surface area contributed by atoms with E-state index in [9.17, 15) is 14.4 Å². The molecule has 0 spiro atoms. The highest BCUT2D eigenvalue weighted by Gasteiger charge is 2.34. The van der Waals surface area contributed by atoms with Crippen molar-refractivity contribution in [3.05, 3.63) is 74.7 Å². The van der Waals surface area contributed by atoms with E-state index in [0.29, 0.717) is 60.0 Å². The third-order valence-electron chi connectivity index (χ3n) is 6.87. The normalized spacial score (nSPS) is 17.7. The maximum atomic E-state index is 12.9. The van der Waals surface area contributed by atoms with Crippen LogP contribution in [-0.2, 0) is 14.4 Å². The Kier molecular flexibility index (Phi) is 8.53. The molecule has 2 saturated heterocycles. The maximum Gasteiger partial charge on any atom is 0.290 e. The zero-order valence-electron chi connectivity index (χ0n) is 19.3. The van der Waals surface area contributed by atoms with Gasteiger partial charge in [0.05, 0.1) is 10.0 Å². The van der Waals surface area contributed by atoms with E-state index in [1.54, 1.807) is 34.1 Å². The smallest absolute Gasteiger partial charge is 0.290 e. The van der Waals surface area contributed by atoms with Gasteiger partial charge in [-0.3, -0.25) is 14.4 Å². The first kappa shape index (κ1) is 25.7. The summed E-state index contributed by atoms with van der Waals surface area (Å²) in [6.07, 6.45) is 5.85. The minimum Gasteiger partial charge on any atom is -0.339 e. The summed E-state index contributed by atoms with van der Waals surface area (Å²) in [7, 11) is 0. The minimum atomic E-state index is -0.385. The van der Waals surface area contributed by atoms with Crippen LogP contribution in [-0.4, -0.2) is 53.6 Å². The van der Waals surface area contributed by atoms with Gasteiger partial charge in [-0.15, -0.1) is 0 Å². The lowest BCUT2D eigenvalue weighted by Gasteiger charge is -2.34. The molecule has 2 heterocycles. The Bertz CT molecular complexity index is 1120. The summed E-state index contributed by atoms with van der Waals surface area (Å²) in [5.41, 5.74) is 2.00. The first-order chi connectivity index (χ1) is 16.8. The van der Waals surface area contributed by atoms with Gasteiger partial charge in [-0.2, -0.15) is 0 Å². The van der Waals surface area contributed by atoms with Gasteiger partial charge >= 0.3 is 0 Å². The molecule has 0 aromatic heterocycles. The third-order valence-corrected chi connectivity index (χ3v) is 7.86. The average molecular weight is 534 g/mol. The van der Waals surface area contributed by atoms with E-state index in [1.807, 2.05) is 24.3 Å². The summed E-state index contributed by atoms with van der Waals surface area (Å²) >= 11 is 17.9. The molecule has 184 valence electrons. The lowest BCUT2D eigenvalue weighted by atomic mass is 9.88. The van der Waals surface area contributed by atoms with Crippen molar-refractivity contribution in [3.63, 3.8) is 0 Å². The fourth-order valence-electron chi connectivity index (χ4n) is 4.73. The molecular formula is C27H27Cl3N2O3. The van der Waals surface area contributed by atoms with E-state index in [4.69, 9.17) is 34.8 Å². The molecule has 5 nitrogen and oxygen atoms in total. The number of Topliss-reactive ketones (excluding diaryl/α,β-unsaturated/α-hetero) is 1. The Morgan fingerprint density at radius 1 is 0.771 bits per heavy atom. The molecule has 2 aliphatic rings. The number of halogens is 3. The van der Waals surface area contributed by atoms with Crippen LogP contribution in [0.15, 0.2) is 48.5 Å². The molecule has 4 rings (SSSR count). The van der Waals surface area contributed by atoms with Gasteiger partial charge in [0.2, 0.25) is 11.7 Å². The predicted octanol–water partition coefficient (Wildman–Crippen LogP) is 5.87. The van der Waals surface area contributed by atoms with Crippen molar-refractivity contribution in [1.29, 1.82) is 0 Å². The van der Waals surface area contributed by atoms with E-state index >= 15 is 0 Å². The monoisotopic (exact) mass is 532 g/mol. The zero-order chi connectivity index (χ0) is 24.9. The highest BCUT2D eigenvalue weighted by molar-refractivity contribution is 6.42. The number of nitrogens with zero attached hydrogens (tertiary/aromatic N) is 2. The van der Waals surface area contributed by atoms with Gasteiger partial charge in [-0.25, -0.2) is 0 Å². The van der Waals surface area contributed by atoms with Crippen molar-refractivity contribution in [2.45, 2.75) is 31.6 Å². The van der Waals surface area contributed by atoms with Gasteiger partial charge in [0, 0.05) is 43.2 Å². The summed E-state index contributed by atoms with van der Waals surface area (Å²) in [4.78, 5) is 41.7. The van der Waals surface area contributed by atoms with Gasteiger partial charge in [0.25, 0.3) is 5.91 Å². The molecule has 2 amide bonds. The van der Waals surface area contributed by atoms with Gasteiger partial charge in [0.15, 0.2) is 0 Å². The van der Waals surface area contributed by atoms with Crippen LogP contribution < -0.4 is 0 Å². The number of carbonyl (C=O) groups excluding carboxylic acids is 3. The summed E-state index contributed by atoms with van der Waals surface area (Å²) in [5.74, 6) is -0.799. The standard InChI is InChI=1S/C27H27Cl3N2O3/c28-22-5-3-19(4-6-22)20-9-15-32(16-10-20)27(35)26(34)21-11-13-31(14-12-21)25(33)8-2-18-1-7-23(29)24(30)17-18/h1-8,17,20-21H,9-16H2. The number of ketones is 1. The van der Waals surface area contributed by atoms with Crippen molar-refractivity contribution in [2.24, 2.45) is 5.92 Å². The summed E-state index contributed by atoms with van der Waals surface area (Å²) < 4.78 is 0. The molecule has 0 aliphatic carbocycles. The molecule has 2 aromatic carbocycles. The topological polar surface area (TPSA) is 57.7 Å². The first-order valence-electron chi connectivity index (χ1n) is 11.8. The Morgan fingerprint density at radius 2 is 1.40 bits per heavy atom. The molecule has 8 heteroatoms. The quantitative estimate of drug-likeness (QED) is 0.357.